The van der Waals surface area contributed by atoms with Gasteiger partial charge in [0.05, 0.1) is 17.3 Å². The van der Waals surface area contributed by atoms with Gasteiger partial charge in [-0.3, -0.25) is 4.79 Å². The number of carbonyl (C=O) groups is 2. The van der Waals surface area contributed by atoms with Crippen molar-refractivity contribution >= 4 is 22.9 Å². The molecular formula is C21H26N4O4. The summed E-state index contributed by atoms with van der Waals surface area (Å²) in [5.41, 5.74) is 1.80. The lowest BCUT2D eigenvalue weighted by atomic mass is 9.91. The van der Waals surface area contributed by atoms with Crippen LogP contribution in [-0.4, -0.2) is 69.2 Å². The summed E-state index contributed by atoms with van der Waals surface area (Å²) in [5.74, 6) is 1.06. The van der Waals surface area contributed by atoms with Gasteiger partial charge in [-0.2, -0.15) is 0 Å². The molecular weight excluding hydrogens is 372 g/mol. The van der Waals surface area contributed by atoms with E-state index in [0.717, 1.165) is 54.6 Å². The molecule has 4 rings (SSSR count). The number of nitrogens with zero attached hydrogens (tertiary/aromatic N) is 4. The van der Waals surface area contributed by atoms with E-state index in [2.05, 4.69) is 9.97 Å². The normalized spacial score (nSPS) is 20.2. The summed E-state index contributed by atoms with van der Waals surface area (Å²) in [6.07, 6.45) is 4.22. The molecule has 2 aliphatic heterocycles. The molecule has 2 amide bonds. The molecule has 1 unspecified atom stereocenters. The number of amides is 2. The Hall–Kier alpha value is -2.90. The molecule has 8 heteroatoms. The largest absolute Gasteiger partial charge is 0.491 e. The summed E-state index contributed by atoms with van der Waals surface area (Å²) >= 11 is 0. The van der Waals surface area contributed by atoms with Crippen LogP contribution in [0.15, 0.2) is 24.5 Å². The van der Waals surface area contributed by atoms with Gasteiger partial charge in [-0.15, -0.1) is 0 Å². The lowest BCUT2D eigenvalue weighted by Crippen LogP contribution is -2.37. The molecule has 0 bridgehead atoms. The van der Waals surface area contributed by atoms with Crippen molar-refractivity contribution in [1.82, 2.24) is 19.8 Å². The van der Waals surface area contributed by atoms with Crippen LogP contribution in [0.3, 0.4) is 0 Å². The SMILES string of the molecule is CC(=O)N1CCCC1COc1ccc2c(C3CCN(C(=O)O)CC3)ncnc2c1. The third kappa shape index (κ3) is 4.11. The third-order valence-electron chi connectivity index (χ3n) is 6.01. The van der Waals surface area contributed by atoms with Gasteiger partial charge in [-0.05, 0) is 37.8 Å². The van der Waals surface area contributed by atoms with Crippen LogP contribution in [0.5, 0.6) is 5.75 Å². The molecule has 1 N–H and O–H groups in total. The predicted octanol–water partition coefficient (Wildman–Crippen LogP) is 2.88. The second-order valence-electron chi connectivity index (χ2n) is 7.80. The van der Waals surface area contributed by atoms with Crippen molar-refractivity contribution in [2.45, 2.75) is 44.6 Å². The molecule has 2 aliphatic rings. The van der Waals surface area contributed by atoms with E-state index in [-0.39, 0.29) is 17.9 Å². The quantitative estimate of drug-likeness (QED) is 0.851. The number of fused-ring (bicyclic) bond motifs is 1. The van der Waals surface area contributed by atoms with Crippen LogP contribution in [-0.2, 0) is 4.79 Å². The molecule has 1 aromatic heterocycles. The molecule has 1 aromatic carbocycles. The maximum atomic E-state index is 11.7. The highest BCUT2D eigenvalue weighted by molar-refractivity contribution is 5.82. The Kier molecular flexibility index (Phi) is 5.51. The van der Waals surface area contributed by atoms with E-state index in [4.69, 9.17) is 9.84 Å². The number of carboxylic acid groups (broad SMARTS) is 1. The summed E-state index contributed by atoms with van der Waals surface area (Å²) in [6, 6.07) is 5.96. The monoisotopic (exact) mass is 398 g/mol. The Balaban J connectivity index is 1.46. The van der Waals surface area contributed by atoms with Gasteiger partial charge in [-0.25, -0.2) is 14.8 Å². The Morgan fingerprint density at radius 1 is 1.17 bits per heavy atom. The molecule has 0 spiro atoms. The standard InChI is InChI=1S/C21H26N4O4/c1-14(26)25-8-2-3-16(25)12-29-17-4-5-18-19(11-17)22-13-23-20(18)15-6-9-24(10-7-15)21(27)28/h4-5,11,13,15-16H,2-3,6-10,12H2,1H3,(H,27,28). The van der Waals surface area contributed by atoms with Crippen molar-refractivity contribution in [2.75, 3.05) is 26.2 Å². The van der Waals surface area contributed by atoms with E-state index in [9.17, 15) is 9.59 Å². The third-order valence-corrected chi connectivity index (χ3v) is 6.01. The molecule has 8 nitrogen and oxygen atoms in total. The molecule has 2 aromatic rings. The molecule has 0 saturated carbocycles. The first-order chi connectivity index (χ1) is 14.0. The Morgan fingerprint density at radius 2 is 1.97 bits per heavy atom. The highest BCUT2D eigenvalue weighted by Gasteiger charge is 2.27. The van der Waals surface area contributed by atoms with Crippen LogP contribution in [0.2, 0.25) is 0 Å². The molecule has 2 fully saturated rings. The topological polar surface area (TPSA) is 95.9 Å². The number of ether oxygens (including phenoxy) is 1. The number of hydrogen-bond donors (Lipinski definition) is 1. The lowest BCUT2D eigenvalue weighted by molar-refractivity contribution is -0.130. The highest BCUT2D eigenvalue weighted by Crippen LogP contribution is 2.32. The molecule has 0 aliphatic carbocycles. The van der Waals surface area contributed by atoms with Crippen molar-refractivity contribution < 1.29 is 19.4 Å². The zero-order chi connectivity index (χ0) is 20.4. The van der Waals surface area contributed by atoms with Gasteiger partial charge in [0.2, 0.25) is 5.91 Å². The smallest absolute Gasteiger partial charge is 0.407 e. The number of aromatic nitrogens is 2. The Morgan fingerprint density at radius 3 is 2.69 bits per heavy atom. The first kappa shape index (κ1) is 19.4. The van der Waals surface area contributed by atoms with Gasteiger partial charge in [0.1, 0.15) is 18.7 Å². The van der Waals surface area contributed by atoms with E-state index in [1.807, 2.05) is 23.1 Å². The second kappa shape index (κ2) is 8.23. The summed E-state index contributed by atoms with van der Waals surface area (Å²) in [7, 11) is 0. The number of hydrogen-bond acceptors (Lipinski definition) is 5. The van der Waals surface area contributed by atoms with Crippen LogP contribution < -0.4 is 4.74 Å². The number of benzene rings is 1. The number of piperidine rings is 1. The molecule has 29 heavy (non-hydrogen) atoms. The van der Waals surface area contributed by atoms with Crippen LogP contribution in [0.1, 0.15) is 44.2 Å². The fraction of sp³-hybridized carbons (Fsp3) is 0.524. The molecule has 0 radical (unpaired) electrons. The van der Waals surface area contributed by atoms with Crippen LogP contribution in [0.4, 0.5) is 4.79 Å². The first-order valence-electron chi connectivity index (χ1n) is 10.2. The number of likely N-dealkylation sites (tertiary alicyclic amines) is 2. The first-order valence-corrected chi connectivity index (χ1v) is 10.2. The van der Waals surface area contributed by atoms with Gasteiger partial charge in [0.25, 0.3) is 0 Å². The predicted molar refractivity (Wildman–Crippen MR) is 107 cm³/mol. The summed E-state index contributed by atoms with van der Waals surface area (Å²) in [6.45, 7) is 3.95. The van der Waals surface area contributed by atoms with E-state index >= 15 is 0 Å². The van der Waals surface area contributed by atoms with Gasteiger partial charge in [0, 0.05) is 43.9 Å². The average Bonchev–Trinajstić information content (AvgIpc) is 3.21. The number of carbonyl (C=O) groups excluding carboxylic acids is 1. The van der Waals surface area contributed by atoms with Crippen molar-refractivity contribution in [3.8, 4) is 5.75 Å². The Bertz CT molecular complexity index is 911. The average molecular weight is 398 g/mol. The van der Waals surface area contributed by atoms with Gasteiger partial charge in [-0.1, -0.05) is 0 Å². The fourth-order valence-electron chi connectivity index (χ4n) is 4.43. The van der Waals surface area contributed by atoms with E-state index < -0.39 is 6.09 Å². The minimum atomic E-state index is -0.858. The van der Waals surface area contributed by atoms with Crippen molar-refractivity contribution in [3.05, 3.63) is 30.2 Å². The summed E-state index contributed by atoms with van der Waals surface area (Å²) in [4.78, 5) is 35.1. The summed E-state index contributed by atoms with van der Waals surface area (Å²) in [5, 5.41) is 10.1. The zero-order valence-electron chi connectivity index (χ0n) is 16.6. The number of rotatable bonds is 4. The maximum Gasteiger partial charge on any atom is 0.407 e. The van der Waals surface area contributed by atoms with Crippen molar-refractivity contribution in [3.63, 3.8) is 0 Å². The van der Waals surface area contributed by atoms with Gasteiger partial charge < -0.3 is 19.6 Å². The lowest BCUT2D eigenvalue weighted by Gasteiger charge is -2.30. The molecule has 154 valence electrons. The fourth-order valence-corrected chi connectivity index (χ4v) is 4.43. The molecule has 3 heterocycles. The summed E-state index contributed by atoms with van der Waals surface area (Å²) < 4.78 is 5.98. The minimum Gasteiger partial charge on any atom is -0.491 e. The Labute approximate surface area is 169 Å². The highest BCUT2D eigenvalue weighted by atomic mass is 16.5. The zero-order valence-corrected chi connectivity index (χ0v) is 16.6. The second-order valence-corrected chi connectivity index (χ2v) is 7.80. The van der Waals surface area contributed by atoms with Crippen molar-refractivity contribution in [2.24, 2.45) is 0 Å². The van der Waals surface area contributed by atoms with Crippen molar-refractivity contribution in [1.29, 1.82) is 0 Å². The van der Waals surface area contributed by atoms with Crippen LogP contribution in [0.25, 0.3) is 10.9 Å². The molecule has 1 atom stereocenters. The van der Waals surface area contributed by atoms with Gasteiger partial charge >= 0.3 is 6.09 Å². The van der Waals surface area contributed by atoms with E-state index in [0.29, 0.717) is 19.7 Å². The van der Waals surface area contributed by atoms with E-state index in [1.54, 1.807) is 13.3 Å². The van der Waals surface area contributed by atoms with Crippen LogP contribution in [0, 0.1) is 0 Å². The molecule has 2 saturated heterocycles. The van der Waals surface area contributed by atoms with Crippen LogP contribution >= 0.6 is 0 Å². The van der Waals surface area contributed by atoms with Gasteiger partial charge in [0.15, 0.2) is 0 Å². The maximum absolute atomic E-state index is 11.7. The minimum absolute atomic E-state index is 0.0981. The van der Waals surface area contributed by atoms with E-state index in [1.165, 1.54) is 4.90 Å².